The summed E-state index contributed by atoms with van der Waals surface area (Å²) in [6.45, 7) is 10.00. The molecule has 2 N–H and O–H groups in total. The normalized spacial score (nSPS) is 16.1. The molecule has 2 aliphatic rings. The fourth-order valence-electron chi connectivity index (χ4n) is 3.37. The Kier molecular flexibility index (Phi) is 5.95. The highest BCUT2D eigenvalue weighted by molar-refractivity contribution is 6.09. The van der Waals surface area contributed by atoms with Crippen molar-refractivity contribution in [2.75, 3.05) is 19.6 Å². The maximum atomic E-state index is 12.5. The molecule has 1 aliphatic heterocycles. The average Bonchev–Trinajstić information content (AvgIpc) is 3.44. The lowest BCUT2D eigenvalue weighted by Crippen LogP contribution is -2.46. The fourth-order valence-corrected chi connectivity index (χ4v) is 3.37. The van der Waals surface area contributed by atoms with E-state index in [9.17, 15) is 9.59 Å². The van der Waals surface area contributed by atoms with Gasteiger partial charge in [0.25, 0.3) is 11.8 Å². The van der Waals surface area contributed by atoms with Gasteiger partial charge in [0.05, 0.1) is 5.52 Å². The molecule has 0 atom stereocenters. The highest BCUT2D eigenvalue weighted by Crippen LogP contribution is 2.41. The van der Waals surface area contributed by atoms with Crippen LogP contribution in [0.25, 0.3) is 10.9 Å². The molecule has 2 heterocycles. The van der Waals surface area contributed by atoms with E-state index in [0.29, 0.717) is 24.7 Å². The van der Waals surface area contributed by atoms with Gasteiger partial charge in [0, 0.05) is 18.5 Å². The number of carbonyl (C=O) groups is 2. The Labute approximate surface area is 165 Å². The molecule has 1 aliphatic carbocycles. The van der Waals surface area contributed by atoms with Crippen molar-refractivity contribution in [2.24, 2.45) is 5.73 Å². The Bertz CT molecular complexity index is 964. The van der Waals surface area contributed by atoms with Gasteiger partial charge in [-0.15, -0.1) is 0 Å². The lowest BCUT2D eigenvalue weighted by atomic mass is 10.1. The highest BCUT2D eigenvalue weighted by atomic mass is 16.2. The van der Waals surface area contributed by atoms with Crippen molar-refractivity contribution in [1.29, 1.82) is 0 Å². The predicted molar refractivity (Wildman–Crippen MR) is 114 cm³/mol. The van der Waals surface area contributed by atoms with Crippen LogP contribution in [0.1, 0.15) is 46.5 Å². The van der Waals surface area contributed by atoms with E-state index in [0.717, 1.165) is 16.5 Å². The lowest BCUT2D eigenvalue weighted by Gasteiger charge is -2.26. The number of nitrogens with two attached hydrogens (primary N) is 1. The third kappa shape index (κ3) is 4.15. The van der Waals surface area contributed by atoms with Gasteiger partial charge in [-0.25, -0.2) is 0 Å². The van der Waals surface area contributed by atoms with Gasteiger partial charge in [-0.3, -0.25) is 14.2 Å². The second-order valence-corrected chi connectivity index (χ2v) is 7.31. The Morgan fingerprint density at radius 1 is 1.29 bits per heavy atom. The Hall–Kier alpha value is -2.92. The molecule has 1 amide bonds. The van der Waals surface area contributed by atoms with Crippen molar-refractivity contribution in [3.8, 4) is 0 Å². The van der Waals surface area contributed by atoms with Gasteiger partial charge in [-0.1, -0.05) is 43.0 Å². The van der Waals surface area contributed by atoms with Gasteiger partial charge in [-0.05, 0) is 49.4 Å². The van der Waals surface area contributed by atoms with E-state index in [1.54, 1.807) is 10.6 Å². The number of nitrogens with zero attached hydrogens (tertiary/aromatic N) is 2. The number of benzene rings is 1. The van der Waals surface area contributed by atoms with Crippen LogP contribution >= 0.6 is 0 Å². The molecule has 0 radical (unpaired) electrons. The van der Waals surface area contributed by atoms with Crippen LogP contribution in [0.2, 0.25) is 0 Å². The third-order valence-electron chi connectivity index (χ3n) is 4.87. The number of hydrogen-bond acceptors (Lipinski definition) is 3. The van der Waals surface area contributed by atoms with E-state index < -0.39 is 0 Å². The highest BCUT2D eigenvalue weighted by Gasteiger charge is 2.31. The summed E-state index contributed by atoms with van der Waals surface area (Å²) in [6, 6.07) is 8.00. The molecule has 1 saturated carbocycles. The number of fused-ring (bicyclic) bond motifs is 3. The zero-order valence-corrected chi connectivity index (χ0v) is 16.4. The van der Waals surface area contributed by atoms with Crippen LogP contribution < -0.4 is 5.73 Å². The molecule has 4 rings (SSSR count). The zero-order valence-electron chi connectivity index (χ0n) is 16.4. The first-order valence-corrected chi connectivity index (χ1v) is 9.58. The summed E-state index contributed by atoms with van der Waals surface area (Å²) in [5.74, 6) is 0.489. The SMILES string of the molecule is C=C/C=C\C(=C)C.NCCN1CC(=O)n2c(cc3cc(C4CC4)ccc32)C1=O. The molecule has 5 heteroatoms. The van der Waals surface area contributed by atoms with Crippen molar-refractivity contribution in [3.05, 3.63) is 72.5 Å². The summed E-state index contributed by atoms with van der Waals surface area (Å²) < 4.78 is 1.56. The first kappa shape index (κ1) is 19.8. The number of carbonyl (C=O) groups excluding carboxylic acids is 2. The monoisotopic (exact) mass is 377 g/mol. The van der Waals surface area contributed by atoms with E-state index in [-0.39, 0.29) is 18.4 Å². The average molecular weight is 377 g/mol. The van der Waals surface area contributed by atoms with Crippen LogP contribution in [0.4, 0.5) is 0 Å². The van der Waals surface area contributed by atoms with Crippen molar-refractivity contribution in [1.82, 2.24) is 9.47 Å². The molecule has 0 saturated heterocycles. The van der Waals surface area contributed by atoms with Gasteiger partial charge in [0.15, 0.2) is 0 Å². The second-order valence-electron chi connectivity index (χ2n) is 7.31. The molecule has 5 nitrogen and oxygen atoms in total. The quantitative estimate of drug-likeness (QED) is 0.804. The smallest absolute Gasteiger partial charge is 0.271 e. The summed E-state index contributed by atoms with van der Waals surface area (Å²) in [5.41, 5.74) is 9.17. The summed E-state index contributed by atoms with van der Waals surface area (Å²) in [7, 11) is 0. The molecule has 1 fully saturated rings. The minimum absolute atomic E-state index is 0.0628. The molecule has 28 heavy (non-hydrogen) atoms. The first-order valence-electron chi connectivity index (χ1n) is 9.58. The molecule has 1 aromatic heterocycles. The van der Waals surface area contributed by atoms with Gasteiger partial charge in [0.1, 0.15) is 12.2 Å². The number of amides is 1. The van der Waals surface area contributed by atoms with E-state index in [1.165, 1.54) is 23.3 Å². The molecule has 146 valence electrons. The fraction of sp³-hybridized carbons (Fsp3) is 0.304. The summed E-state index contributed by atoms with van der Waals surface area (Å²) in [5, 5.41) is 0.977. The topological polar surface area (TPSA) is 68.3 Å². The number of aromatic nitrogens is 1. The lowest BCUT2D eigenvalue weighted by molar-refractivity contribution is 0.0628. The minimum Gasteiger partial charge on any atom is -0.329 e. The van der Waals surface area contributed by atoms with E-state index in [2.05, 4.69) is 25.3 Å². The Morgan fingerprint density at radius 3 is 2.61 bits per heavy atom. The second kappa shape index (κ2) is 8.40. The largest absolute Gasteiger partial charge is 0.329 e. The van der Waals surface area contributed by atoms with Crippen molar-refractivity contribution in [2.45, 2.75) is 25.7 Å². The van der Waals surface area contributed by atoms with E-state index >= 15 is 0 Å². The standard InChI is InChI=1S/C16H17N3O2.C7H10/c17-5-6-18-9-15(20)19-13-4-3-11(10-1-2-10)7-12(13)8-14(19)16(18)21;1-4-5-6-7(2)3/h3-4,7-8,10H,1-2,5-6,9,17H2;4-6H,1-2H2,3H3/b;6-5-. The van der Waals surface area contributed by atoms with Crippen LogP contribution in [0.5, 0.6) is 0 Å². The maximum Gasteiger partial charge on any atom is 0.271 e. The zero-order chi connectivity index (χ0) is 20.3. The molecule has 0 spiro atoms. The third-order valence-corrected chi connectivity index (χ3v) is 4.87. The number of rotatable bonds is 5. The first-order chi connectivity index (χ1) is 13.5. The predicted octanol–water partition coefficient (Wildman–Crippen LogP) is 3.88. The number of hydrogen-bond donors (Lipinski definition) is 1. The van der Waals surface area contributed by atoms with Crippen molar-refractivity contribution < 1.29 is 9.59 Å². The number of allylic oxidation sites excluding steroid dienone is 4. The van der Waals surface area contributed by atoms with Gasteiger partial charge in [0.2, 0.25) is 0 Å². The Morgan fingerprint density at radius 2 is 2.04 bits per heavy atom. The summed E-state index contributed by atoms with van der Waals surface area (Å²) in [6.07, 6.45) is 7.98. The van der Waals surface area contributed by atoms with Crippen LogP contribution in [-0.4, -0.2) is 40.9 Å². The summed E-state index contributed by atoms with van der Waals surface area (Å²) in [4.78, 5) is 26.3. The maximum absolute atomic E-state index is 12.5. The molecular weight excluding hydrogens is 350 g/mol. The van der Waals surface area contributed by atoms with Crippen molar-refractivity contribution >= 4 is 22.7 Å². The van der Waals surface area contributed by atoms with E-state index in [1.807, 2.05) is 31.2 Å². The minimum atomic E-state index is -0.107. The van der Waals surface area contributed by atoms with Crippen LogP contribution in [0.15, 0.2) is 61.2 Å². The van der Waals surface area contributed by atoms with Gasteiger partial charge >= 0.3 is 0 Å². The molecule has 0 bridgehead atoms. The van der Waals surface area contributed by atoms with Gasteiger partial charge < -0.3 is 10.6 Å². The molecular formula is C23H27N3O2. The molecule has 0 unspecified atom stereocenters. The Balaban J connectivity index is 0.000000279. The molecule has 2 aromatic rings. The van der Waals surface area contributed by atoms with Crippen molar-refractivity contribution in [3.63, 3.8) is 0 Å². The van der Waals surface area contributed by atoms with E-state index in [4.69, 9.17) is 5.73 Å². The van der Waals surface area contributed by atoms with Crippen LogP contribution in [0.3, 0.4) is 0 Å². The molecule has 1 aromatic carbocycles. The van der Waals surface area contributed by atoms with Crippen LogP contribution in [0, 0.1) is 0 Å². The summed E-state index contributed by atoms with van der Waals surface area (Å²) >= 11 is 0. The van der Waals surface area contributed by atoms with Crippen LogP contribution in [-0.2, 0) is 0 Å². The van der Waals surface area contributed by atoms with Gasteiger partial charge in [-0.2, -0.15) is 0 Å².